The number of hydrogen-bond donors (Lipinski definition) is 0. The van der Waals surface area contributed by atoms with Gasteiger partial charge in [-0.1, -0.05) is 25.4 Å². The van der Waals surface area contributed by atoms with E-state index in [-0.39, 0.29) is 10.6 Å². The Morgan fingerprint density at radius 3 is 2.39 bits per heavy atom. The summed E-state index contributed by atoms with van der Waals surface area (Å²) >= 11 is 6.10. The molecule has 0 unspecified atom stereocenters. The predicted octanol–water partition coefficient (Wildman–Crippen LogP) is 3.87. The van der Waals surface area contributed by atoms with Gasteiger partial charge in [-0.15, -0.1) is 0 Å². The Morgan fingerprint density at radius 2 is 1.89 bits per heavy atom. The number of nitrogens with zero attached hydrogens (tertiary/aromatic N) is 2. The largest absolute Gasteiger partial charge is 0.299 e. The molecular formula is C13H19ClN2O2. The van der Waals surface area contributed by atoms with Crippen LogP contribution in [0.15, 0.2) is 18.2 Å². The van der Waals surface area contributed by atoms with Gasteiger partial charge in [0.05, 0.1) is 4.92 Å². The fraction of sp³-hybridized carbons (Fsp3) is 0.538. The van der Waals surface area contributed by atoms with Crippen LogP contribution in [0.5, 0.6) is 0 Å². The van der Waals surface area contributed by atoms with Gasteiger partial charge in [0.2, 0.25) is 0 Å². The summed E-state index contributed by atoms with van der Waals surface area (Å²) in [5.74, 6) is 0. The minimum atomic E-state index is -0.385. The maximum absolute atomic E-state index is 10.8. The highest BCUT2D eigenvalue weighted by atomic mass is 35.5. The Morgan fingerprint density at radius 1 is 1.28 bits per heavy atom. The van der Waals surface area contributed by atoms with Gasteiger partial charge in [-0.05, 0) is 37.6 Å². The van der Waals surface area contributed by atoms with Gasteiger partial charge in [-0.2, -0.15) is 0 Å². The molecule has 0 N–H and O–H groups in total. The summed E-state index contributed by atoms with van der Waals surface area (Å²) in [4.78, 5) is 12.6. The van der Waals surface area contributed by atoms with Gasteiger partial charge in [-0.3, -0.25) is 15.0 Å². The third kappa shape index (κ3) is 4.27. The Hall–Kier alpha value is -1.13. The molecule has 4 nitrogen and oxygen atoms in total. The minimum absolute atomic E-state index is 0.0994. The number of rotatable bonds is 7. The fourth-order valence-electron chi connectivity index (χ4n) is 1.94. The average molecular weight is 271 g/mol. The zero-order chi connectivity index (χ0) is 13.5. The summed E-state index contributed by atoms with van der Waals surface area (Å²) in [5, 5.41) is 11.3. The molecule has 1 aromatic rings. The molecule has 0 aliphatic carbocycles. The van der Waals surface area contributed by atoms with Crippen LogP contribution in [-0.2, 0) is 6.54 Å². The molecule has 0 spiro atoms. The molecule has 0 fully saturated rings. The first-order valence-electron chi connectivity index (χ1n) is 6.23. The number of halogens is 1. The minimum Gasteiger partial charge on any atom is -0.299 e. The van der Waals surface area contributed by atoms with Crippen molar-refractivity contribution in [3.05, 3.63) is 38.9 Å². The molecule has 1 aromatic carbocycles. The van der Waals surface area contributed by atoms with E-state index < -0.39 is 0 Å². The maximum Gasteiger partial charge on any atom is 0.269 e. The second-order valence-corrected chi connectivity index (χ2v) is 4.72. The molecule has 0 bridgehead atoms. The molecule has 5 heteroatoms. The van der Waals surface area contributed by atoms with E-state index in [0.29, 0.717) is 11.6 Å². The third-order valence-corrected chi connectivity index (χ3v) is 3.08. The van der Waals surface area contributed by atoms with Crippen molar-refractivity contribution in [2.75, 3.05) is 13.1 Å². The lowest BCUT2D eigenvalue weighted by atomic mass is 10.1. The number of hydrogen-bond acceptors (Lipinski definition) is 3. The van der Waals surface area contributed by atoms with E-state index in [0.717, 1.165) is 31.5 Å². The van der Waals surface area contributed by atoms with Crippen LogP contribution in [-0.4, -0.2) is 22.9 Å². The first-order chi connectivity index (χ1) is 8.58. The van der Waals surface area contributed by atoms with E-state index in [4.69, 9.17) is 11.6 Å². The first kappa shape index (κ1) is 14.9. The van der Waals surface area contributed by atoms with Gasteiger partial charge >= 0.3 is 0 Å². The van der Waals surface area contributed by atoms with Crippen molar-refractivity contribution < 1.29 is 4.92 Å². The number of benzene rings is 1. The second-order valence-electron chi connectivity index (χ2n) is 4.31. The van der Waals surface area contributed by atoms with Crippen LogP contribution in [0.3, 0.4) is 0 Å². The Kier molecular flexibility index (Phi) is 6.09. The van der Waals surface area contributed by atoms with Crippen LogP contribution >= 0.6 is 11.6 Å². The average Bonchev–Trinajstić information content (AvgIpc) is 2.32. The topological polar surface area (TPSA) is 46.4 Å². The molecule has 0 aromatic heterocycles. The molecule has 0 amide bonds. The molecule has 0 aliphatic heterocycles. The Labute approximate surface area is 113 Å². The van der Waals surface area contributed by atoms with E-state index in [1.54, 1.807) is 12.1 Å². The SMILES string of the molecule is CCCN(CCC)Cc1cc([N+](=O)[O-])ccc1Cl. The van der Waals surface area contributed by atoms with Gasteiger partial charge in [-0.25, -0.2) is 0 Å². The highest BCUT2D eigenvalue weighted by molar-refractivity contribution is 6.31. The number of nitro groups is 1. The van der Waals surface area contributed by atoms with Crippen molar-refractivity contribution in [2.24, 2.45) is 0 Å². The van der Waals surface area contributed by atoms with E-state index in [9.17, 15) is 10.1 Å². The lowest BCUT2D eigenvalue weighted by Gasteiger charge is -2.21. The first-order valence-corrected chi connectivity index (χ1v) is 6.61. The number of nitro benzene ring substituents is 1. The van der Waals surface area contributed by atoms with E-state index in [2.05, 4.69) is 18.7 Å². The molecule has 0 saturated carbocycles. The van der Waals surface area contributed by atoms with E-state index in [1.165, 1.54) is 6.07 Å². The molecular weight excluding hydrogens is 252 g/mol. The summed E-state index contributed by atoms with van der Waals surface area (Å²) in [5.41, 5.74) is 0.926. The van der Waals surface area contributed by atoms with Crippen molar-refractivity contribution in [2.45, 2.75) is 33.2 Å². The molecule has 0 radical (unpaired) electrons. The Balaban J connectivity index is 2.86. The molecule has 1 rings (SSSR count). The Bertz CT molecular complexity index is 404. The molecule has 18 heavy (non-hydrogen) atoms. The van der Waals surface area contributed by atoms with Crippen LogP contribution in [0.25, 0.3) is 0 Å². The zero-order valence-electron chi connectivity index (χ0n) is 10.9. The highest BCUT2D eigenvalue weighted by Gasteiger charge is 2.12. The van der Waals surface area contributed by atoms with Crippen LogP contribution in [0, 0.1) is 10.1 Å². The summed E-state index contributed by atoms with van der Waals surface area (Å²) in [6, 6.07) is 4.61. The van der Waals surface area contributed by atoms with Crippen molar-refractivity contribution in [3.63, 3.8) is 0 Å². The summed E-state index contributed by atoms with van der Waals surface area (Å²) in [7, 11) is 0. The van der Waals surface area contributed by atoms with E-state index >= 15 is 0 Å². The second kappa shape index (κ2) is 7.34. The van der Waals surface area contributed by atoms with Crippen LogP contribution < -0.4 is 0 Å². The summed E-state index contributed by atoms with van der Waals surface area (Å²) in [6.45, 7) is 6.87. The lowest BCUT2D eigenvalue weighted by molar-refractivity contribution is -0.384. The molecule has 0 atom stereocenters. The predicted molar refractivity (Wildman–Crippen MR) is 74.0 cm³/mol. The summed E-state index contributed by atoms with van der Waals surface area (Å²) in [6.07, 6.45) is 2.12. The van der Waals surface area contributed by atoms with Gasteiger partial charge in [0.15, 0.2) is 0 Å². The van der Waals surface area contributed by atoms with Crippen molar-refractivity contribution in [3.8, 4) is 0 Å². The normalized spacial score (nSPS) is 10.9. The van der Waals surface area contributed by atoms with Crippen molar-refractivity contribution in [1.29, 1.82) is 0 Å². The molecule has 0 aliphatic rings. The smallest absolute Gasteiger partial charge is 0.269 e. The monoisotopic (exact) mass is 270 g/mol. The highest BCUT2D eigenvalue weighted by Crippen LogP contribution is 2.23. The van der Waals surface area contributed by atoms with Gasteiger partial charge in [0.1, 0.15) is 0 Å². The standard InChI is InChI=1S/C13H19ClN2O2/c1-3-7-15(8-4-2)10-11-9-12(16(17)18)5-6-13(11)14/h5-6,9H,3-4,7-8,10H2,1-2H3. The van der Waals surface area contributed by atoms with Crippen LogP contribution in [0.4, 0.5) is 5.69 Å². The lowest BCUT2D eigenvalue weighted by Crippen LogP contribution is -2.25. The number of non-ortho nitro benzene ring substituents is 1. The van der Waals surface area contributed by atoms with Crippen molar-refractivity contribution in [1.82, 2.24) is 4.90 Å². The van der Waals surface area contributed by atoms with Crippen LogP contribution in [0.2, 0.25) is 5.02 Å². The van der Waals surface area contributed by atoms with Crippen molar-refractivity contribution >= 4 is 17.3 Å². The summed E-state index contributed by atoms with van der Waals surface area (Å²) < 4.78 is 0. The fourth-order valence-corrected chi connectivity index (χ4v) is 2.12. The maximum atomic E-state index is 10.8. The van der Waals surface area contributed by atoms with Crippen LogP contribution in [0.1, 0.15) is 32.3 Å². The van der Waals surface area contributed by atoms with Gasteiger partial charge < -0.3 is 0 Å². The molecule has 100 valence electrons. The van der Waals surface area contributed by atoms with Gasteiger partial charge in [0, 0.05) is 23.7 Å². The molecule has 0 saturated heterocycles. The quantitative estimate of drug-likeness (QED) is 0.558. The zero-order valence-corrected chi connectivity index (χ0v) is 11.6. The molecule has 0 heterocycles. The van der Waals surface area contributed by atoms with Gasteiger partial charge in [0.25, 0.3) is 5.69 Å². The van der Waals surface area contributed by atoms with E-state index in [1.807, 2.05) is 0 Å². The third-order valence-electron chi connectivity index (χ3n) is 2.71.